The van der Waals surface area contributed by atoms with E-state index in [4.69, 9.17) is 21.3 Å². The van der Waals surface area contributed by atoms with E-state index < -0.39 is 0 Å². The third-order valence-electron chi connectivity index (χ3n) is 6.04. The number of halogens is 1. The normalized spacial score (nSPS) is 11.2. The van der Waals surface area contributed by atoms with Gasteiger partial charge in [0.15, 0.2) is 0 Å². The van der Waals surface area contributed by atoms with Crippen molar-refractivity contribution in [1.82, 2.24) is 14.9 Å². The lowest BCUT2D eigenvalue weighted by atomic mass is 10.0. The number of hydrogen-bond donors (Lipinski definition) is 1. The highest BCUT2D eigenvalue weighted by Gasteiger charge is 2.12. The van der Waals surface area contributed by atoms with Crippen LogP contribution in [0.4, 0.5) is 0 Å². The molecule has 5 nitrogen and oxygen atoms in total. The molecule has 0 bridgehead atoms. The molecule has 1 amide bonds. The first-order chi connectivity index (χ1) is 17.0. The second-order valence-corrected chi connectivity index (χ2v) is 9.31. The summed E-state index contributed by atoms with van der Waals surface area (Å²) in [6.45, 7) is 6.39. The van der Waals surface area contributed by atoms with Gasteiger partial charge in [0.25, 0.3) is 5.91 Å². The number of aryl methyl sites for hydroxylation is 2. The van der Waals surface area contributed by atoms with Crippen molar-refractivity contribution in [3.05, 3.63) is 94.8 Å². The minimum atomic E-state index is -0.150. The van der Waals surface area contributed by atoms with E-state index >= 15 is 0 Å². The Labute approximate surface area is 212 Å². The number of hydrogen-bond acceptors (Lipinski definition) is 3. The maximum absolute atomic E-state index is 12.4. The molecule has 1 aromatic heterocycles. The summed E-state index contributed by atoms with van der Waals surface area (Å²) in [5, 5.41) is 3.43. The maximum Gasteiger partial charge on any atom is 0.252 e. The number of benzene rings is 3. The minimum Gasteiger partial charge on any atom is -0.493 e. The van der Waals surface area contributed by atoms with Crippen LogP contribution < -0.4 is 10.1 Å². The Balaban J connectivity index is 1.35. The average molecular weight is 490 g/mol. The van der Waals surface area contributed by atoms with Gasteiger partial charge in [-0.15, -0.1) is 0 Å². The minimum absolute atomic E-state index is 0.150. The van der Waals surface area contributed by atoms with Crippen LogP contribution in [-0.2, 0) is 13.0 Å². The van der Waals surface area contributed by atoms with E-state index in [2.05, 4.69) is 41.9 Å². The van der Waals surface area contributed by atoms with Crippen LogP contribution in [0, 0.1) is 0 Å². The highest BCUT2D eigenvalue weighted by Crippen LogP contribution is 2.26. The summed E-state index contributed by atoms with van der Waals surface area (Å²) in [6.07, 6.45) is 2.44. The Hall–Kier alpha value is -3.31. The molecule has 0 aliphatic rings. The summed E-state index contributed by atoms with van der Waals surface area (Å²) in [7, 11) is 0. The lowest BCUT2D eigenvalue weighted by Crippen LogP contribution is -2.25. The number of rotatable bonds is 11. The Morgan fingerprint density at radius 3 is 2.57 bits per heavy atom. The fraction of sp³-hybridized carbons (Fsp3) is 0.310. The molecule has 0 radical (unpaired) electrons. The Kier molecular flexibility index (Phi) is 8.43. The highest BCUT2D eigenvalue weighted by atomic mass is 35.5. The van der Waals surface area contributed by atoms with E-state index in [1.54, 1.807) is 12.1 Å². The van der Waals surface area contributed by atoms with E-state index in [0.717, 1.165) is 48.4 Å². The van der Waals surface area contributed by atoms with Crippen molar-refractivity contribution in [3.8, 4) is 5.75 Å². The number of carbonyl (C=O) groups is 1. The van der Waals surface area contributed by atoms with Gasteiger partial charge < -0.3 is 14.6 Å². The summed E-state index contributed by atoms with van der Waals surface area (Å²) < 4.78 is 8.41. The summed E-state index contributed by atoms with van der Waals surface area (Å²) in [5.41, 5.74) is 3.86. The number of amides is 1. The van der Waals surface area contributed by atoms with E-state index in [1.807, 2.05) is 42.5 Å². The number of aromatic nitrogens is 2. The third-order valence-corrected chi connectivity index (χ3v) is 6.37. The second kappa shape index (κ2) is 11.9. The van der Waals surface area contributed by atoms with E-state index in [0.29, 0.717) is 29.7 Å². The third kappa shape index (κ3) is 6.23. The first kappa shape index (κ1) is 24.8. The summed E-state index contributed by atoms with van der Waals surface area (Å²) in [6, 6.07) is 23.6. The van der Waals surface area contributed by atoms with Gasteiger partial charge in [0.05, 0.1) is 28.2 Å². The van der Waals surface area contributed by atoms with Crippen molar-refractivity contribution >= 4 is 28.5 Å². The summed E-state index contributed by atoms with van der Waals surface area (Å²) >= 11 is 6.13. The van der Waals surface area contributed by atoms with Gasteiger partial charge in [0.2, 0.25) is 0 Å². The number of nitrogens with zero attached hydrogens (tertiary/aromatic N) is 2. The van der Waals surface area contributed by atoms with Crippen LogP contribution in [0.3, 0.4) is 0 Å². The predicted octanol–water partition coefficient (Wildman–Crippen LogP) is 6.64. The molecule has 0 fully saturated rings. The quantitative estimate of drug-likeness (QED) is 0.240. The molecule has 182 valence electrons. The number of para-hydroxylation sites is 3. The Bertz CT molecular complexity index is 1280. The zero-order chi connectivity index (χ0) is 24.6. The van der Waals surface area contributed by atoms with Crippen LogP contribution >= 0.6 is 11.6 Å². The second-order valence-electron chi connectivity index (χ2n) is 8.90. The first-order valence-corrected chi connectivity index (χ1v) is 12.6. The zero-order valence-corrected chi connectivity index (χ0v) is 21.1. The lowest BCUT2D eigenvalue weighted by Gasteiger charge is -2.14. The molecule has 0 aliphatic heterocycles. The molecule has 0 spiro atoms. The van der Waals surface area contributed by atoms with Crippen LogP contribution in [0.1, 0.15) is 54.4 Å². The molecule has 1 heterocycles. The molecule has 0 saturated carbocycles. The number of fused-ring (bicyclic) bond motifs is 1. The first-order valence-electron chi connectivity index (χ1n) is 12.2. The smallest absolute Gasteiger partial charge is 0.252 e. The Morgan fingerprint density at radius 2 is 1.74 bits per heavy atom. The van der Waals surface area contributed by atoms with Crippen LogP contribution in [0.5, 0.6) is 5.75 Å². The predicted molar refractivity (Wildman–Crippen MR) is 142 cm³/mol. The van der Waals surface area contributed by atoms with E-state index in [-0.39, 0.29) is 5.91 Å². The molecule has 0 unspecified atom stereocenters. The molecule has 1 N–H and O–H groups in total. The molecule has 0 saturated heterocycles. The molecule has 3 aromatic carbocycles. The summed E-state index contributed by atoms with van der Waals surface area (Å²) in [5.74, 6) is 2.27. The van der Waals surface area contributed by atoms with Crippen LogP contribution in [-0.4, -0.2) is 28.6 Å². The van der Waals surface area contributed by atoms with Gasteiger partial charge in [0.1, 0.15) is 11.6 Å². The van der Waals surface area contributed by atoms with Crippen molar-refractivity contribution in [2.45, 2.75) is 45.6 Å². The zero-order valence-electron chi connectivity index (χ0n) is 20.3. The van der Waals surface area contributed by atoms with E-state index in [9.17, 15) is 4.79 Å². The maximum atomic E-state index is 12.4. The van der Waals surface area contributed by atoms with Crippen LogP contribution in [0.2, 0.25) is 5.02 Å². The molecular weight excluding hydrogens is 458 g/mol. The highest BCUT2D eigenvalue weighted by molar-refractivity contribution is 6.33. The van der Waals surface area contributed by atoms with Gasteiger partial charge in [-0.2, -0.15) is 0 Å². The van der Waals surface area contributed by atoms with Gasteiger partial charge in [-0.3, -0.25) is 4.79 Å². The largest absolute Gasteiger partial charge is 0.493 e. The molecule has 4 aromatic rings. The number of imidazole rings is 1. The molecular formula is C29H32ClN3O2. The molecule has 0 aliphatic carbocycles. The van der Waals surface area contributed by atoms with E-state index in [1.165, 1.54) is 5.56 Å². The Morgan fingerprint density at radius 1 is 1.00 bits per heavy atom. The monoisotopic (exact) mass is 489 g/mol. The van der Waals surface area contributed by atoms with Gasteiger partial charge >= 0.3 is 0 Å². The van der Waals surface area contributed by atoms with Gasteiger partial charge in [0, 0.05) is 19.5 Å². The molecule has 0 atom stereocenters. The van der Waals surface area contributed by atoms with Crippen molar-refractivity contribution < 1.29 is 9.53 Å². The topological polar surface area (TPSA) is 56.1 Å². The van der Waals surface area contributed by atoms with Gasteiger partial charge in [-0.1, -0.05) is 67.9 Å². The molecule has 6 heteroatoms. The standard InChI is InChI=1S/C29H32ClN3O2/c1-21(2)22-11-4-8-16-27(22)35-20-10-19-33-26-15-7-6-14-25(26)32-28(33)17-9-18-31-29(34)23-12-3-5-13-24(23)30/h3-8,11-16,21H,9-10,17-20H2,1-2H3,(H,31,34). The number of nitrogens with one attached hydrogen (secondary N) is 1. The van der Waals surface area contributed by atoms with Crippen LogP contribution in [0.15, 0.2) is 72.8 Å². The van der Waals surface area contributed by atoms with Crippen molar-refractivity contribution in [3.63, 3.8) is 0 Å². The lowest BCUT2D eigenvalue weighted by molar-refractivity contribution is 0.0953. The number of ether oxygens (including phenoxy) is 1. The summed E-state index contributed by atoms with van der Waals surface area (Å²) in [4.78, 5) is 17.3. The fourth-order valence-corrected chi connectivity index (χ4v) is 4.47. The fourth-order valence-electron chi connectivity index (χ4n) is 4.25. The SMILES string of the molecule is CC(C)c1ccccc1OCCCn1c(CCCNC(=O)c2ccccc2Cl)nc2ccccc21. The van der Waals surface area contributed by atoms with Gasteiger partial charge in [-0.05, 0) is 54.7 Å². The van der Waals surface area contributed by atoms with Gasteiger partial charge in [-0.25, -0.2) is 4.98 Å². The molecule has 35 heavy (non-hydrogen) atoms. The molecule has 4 rings (SSSR count). The average Bonchev–Trinajstić information content (AvgIpc) is 3.22. The van der Waals surface area contributed by atoms with Crippen molar-refractivity contribution in [2.75, 3.05) is 13.2 Å². The van der Waals surface area contributed by atoms with Crippen LogP contribution in [0.25, 0.3) is 11.0 Å². The van der Waals surface area contributed by atoms with Crippen molar-refractivity contribution in [1.29, 1.82) is 0 Å². The van der Waals surface area contributed by atoms with Crippen molar-refractivity contribution in [2.24, 2.45) is 0 Å². The number of carbonyl (C=O) groups excluding carboxylic acids is 1.